The molecular weight excluding hydrogens is 218 g/mol. The number of aliphatic carboxylic acids is 1. The van der Waals surface area contributed by atoms with E-state index in [1.165, 1.54) is 0 Å². The zero-order valence-corrected chi connectivity index (χ0v) is 9.64. The number of carboxylic acids is 1. The highest BCUT2D eigenvalue weighted by molar-refractivity contribution is 5.97. The molecule has 0 bridgehead atoms. The molecular formula is C13H15NO3. The quantitative estimate of drug-likeness (QED) is 0.757. The van der Waals surface area contributed by atoms with Crippen LogP contribution in [-0.4, -0.2) is 23.5 Å². The van der Waals surface area contributed by atoms with Crippen molar-refractivity contribution >= 4 is 11.9 Å². The maximum Gasteiger partial charge on any atom is 0.316 e. The molecule has 0 saturated carbocycles. The lowest BCUT2D eigenvalue weighted by atomic mass is 9.85. The number of aryl methyl sites for hydroxylation is 1. The highest BCUT2D eigenvalue weighted by Gasteiger charge is 2.34. The third-order valence-electron chi connectivity index (χ3n) is 3.17. The van der Waals surface area contributed by atoms with Crippen molar-refractivity contribution in [1.82, 2.24) is 5.32 Å². The molecule has 1 amide bonds. The maximum atomic E-state index is 11.4. The number of amides is 1. The summed E-state index contributed by atoms with van der Waals surface area (Å²) in [4.78, 5) is 22.3. The van der Waals surface area contributed by atoms with Crippen LogP contribution in [0.3, 0.4) is 0 Å². The number of carbonyl (C=O) groups is 2. The monoisotopic (exact) mass is 233 g/mol. The first-order chi connectivity index (χ1) is 8.08. The van der Waals surface area contributed by atoms with Gasteiger partial charge < -0.3 is 10.4 Å². The molecule has 0 radical (unpaired) electrons. The third-order valence-corrected chi connectivity index (χ3v) is 3.17. The van der Waals surface area contributed by atoms with Crippen molar-refractivity contribution in [2.75, 3.05) is 6.54 Å². The van der Waals surface area contributed by atoms with Gasteiger partial charge in [0.05, 0.1) is 0 Å². The second kappa shape index (κ2) is 4.57. The summed E-state index contributed by atoms with van der Waals surface area (Å²) >= 11 is 0. The highest BCUT2D eigenvalue weighted by Crippen LogP contribution is 2.27. The molecule has 1 heterocycles. The van der Waals surface area contributed by atoms with Crippen molar-refractivity contribution in [2.24, 2.45) is 5.92 Å². The predicted molar refractivity (Wildman–Crippen MR) is 62.7 cm³/mol. The Morgan fingerprint density at radius 2 is 2.24 bits per heavy atom. The zero-order chi connectivity index (χ0) is 12.4. The van der Waals surface area contributed by atoms with Gasteiger partial charge >= 0.3 is 5.97 Å². The molecule has 0 spiro atoms. The van der Waals surface area contributed by atoms with Crippen molar-refractivity contribution in [3.63, 3.8) is 0 Å². The molecule has 0 aliphatic carbocycles. The lowest BCUT2D eigenvalue weighted by Crippen LogP contribution is -2.43. The van der Waals surface area contributed by atoms with E-state index in [1.54, 1.807) is 0 Å². The first-order valence-corrected chi connectivity index (χ1v) is 5.65. The summed E-state index contributed by atoms with van der Waals surface area (Å²) in [5.41, 5.74) is 2.24. The Bertz CT molecular complexity index is 456. The van der Waals surface area contributed by atoms with E-state index in [2.05, 4.69) is 5.32 Å². The van der Waals surface area contributed by atoms with Gasteiger partial charge in [-0.15, -0.1) is 0 Å². The number of carbonyl (C=O) groups excluding carboxylic acids is 1. The molecule has 1 fully saturated rings. The van der Waals surface area contributed by atoms with Crippen LogP contribution in [0.1, 0.15) is 23.5 Å². The van der Waals surface area contributed by atoms with E-state index in [4.69, 9.17) is 5.11 Å². The SMILES string of the molecule is Cc1cccc([C@H]2CNC(=O)[C@@H](C(=O)O)C2)c1. The van der Waals surface area contributed by atoms with Gasteiger partial charge in [0.25, 0.3) is 0 Å². The lowest BCUT2D eigenvalue weighted by Gasteiger charge is -2.27. The molecule has 0 aromatic heterocycles. The third kappa shape index (κ3) is 2.46. The molecule has 1 aliphatic heterocycles. The standard InChI is InChI=1S/C13H15NO3/c1-8-3-2-4-9(5-8)10-6-11(13(16)17)12(15)14-7-10/h2-5,10-11H,6-7H2,1H3,(H,14,15)(H,16,17)/t10-,11+/m1/s1. The molecule has 1 saturated heterocycles. The molecule has 1 aliphatic rings. The molecule has 2 atom stereocenters. The van der Waals surface area contributed by atoms with Gasteiger partial charge in [0.15, 0.2) is 0 Å². The summed E-state index contributed by atoms with van der Waals surface area (Å²) in [6, 6.07) is 7.98. The van der Waals surface area contributed by atoms with Gasteiger partial charge in [-0.1, -0.05) is 29.8 Å². The fourth-order valence-corrected chi connectivity index (χ4v) is 2.21. The van der Waals surface area contributed by atoms with Gasteiger partial charge in [-0.3, -0.25) is 9.59 Å². The van der Waals surface area contributed by atoms with Crippen LogP contribution >= 0.6 is 0 Å². The Morgan fingerprint density at radius 3 is 2.88 bits per heavy atom. The molecule has 90 valence electrons. The van der Waals surface area contributed by atoms with Crippen LogP contribution < -0.4 is 5.32 Å². The maximum absolute atomic E-state index is 11.4. The van der Waals surface area contributed by atoms with E-state index in [0.717, 1.165) is 11.1 Å². The first kappa shape index (κ1) is 11.6. The summed E-state index contributed by atoms with van der Waals surface area (Å²) < 4.78 is 0. The van der Waals surface area contributed by atoms with Gasteiger partial charge in [-0.25, -0.2) is 0 Å². The fraction of sp³-hybridized carbons (Fsp3) is 0.385. The fourth-order valence-electron chi connectivity index (χ4n) is 2.21. The van der Waals surface area contributed by atoms with E-state index >= 15 is 0 Å². The Labute approximate surface area is 99.6 Å². The second-order valence-electron chi connectivity index (χ2n) is 4.48. The summed E-state index contributed by atoms with van der Waals surface area (Å²) in [6.07, 6.45) is 0.380. The number of nitrogens with one attached hydrogen (secondary N) is 1. The normalized spacial score (nSPS) is 24.2. The largest absolute Gasteiger partial charge is 0.481 e. The average Bonchev–Trinajstić information content (AvgIpc) is 2.29. The Morgan fingerprint density at radius 1 is 1.47 bits per heavy atom. The number of benzene rings is 1. The van der Waals surface area contributed by atoms with Crippen molar-refractivity contribution in [3.05, 3.63) is 35.4 Å². The number of piperidine rings is 1. The lowest BCUT2D eigenvalue weighted by molar-refractivity contribution is -0.148. The van der Waals surface area contributed by atoms with Crippen LogP contribution in [-0.2, 0) is 9.59 Å². The molecule has 0 unspecified atom stereocenters. The molecule has 2 N–H and O–H groups in total. The molecule has 17 heavy (non-hydrogen) atoms. The first-order valence-electron chi connectivity index (χ1n) is 5.65. The Kier molecular flexibility index (Phi) is 3.13. The predicted octanol–water partition coefficient (Wildman–Crippen LogP) is 1.30. The van der Waals surface area contributed by atoms with Gasteiger partial charge in [-0.2, -0.15) is 0 Å². The van der Waals surface area contributed by atoms with Crippen LogP contribution in [0, 0.1) is 12.8 Å². The van der Waals surface area contributed by atoms with Gasteiger partial charge in [0.2, 0.25) is 5.91 Å². The van der Waals surface area contributed by atoms with Crippen LogP contribution in [0.4, 0.5) is 0 Å². The number of rotatable bonds is 2. The van der Waals surface area contributed by atoms with E-state index < -0.39 is 11.9 Å². The zero-order valence-electron chi connectivity index (χ0n) is 9.64. The van der Waals surface area contributed by atoms with Gasteiger partial charge in [0.1, 0.15) is 5.92 Å². The van der Waals surface area contributed by atoms with Gasteiger partial charge in [0, 0.05) is 12.5 Å². The van der Waals surface area contributed by atoms with E-state index in [1.807, 2.05) is 31.2 Å². The summed E-state index contributed by atoms with van der Waals surface area (Å²) in [6.45, 7) is 2.52. The van der Waals surface area contributed by atoms with Crippen molar-refractivity contribution in [2.45, 2.75) is 19.3 Å². The van der Waals surface area contributed by atoms with Gasteiger partial charge in [-0.05, 0) is 18.9 Å². The van der Waals surface area contributed by atoms with Crippen LogP contribution in [0.25, 0.3) is 0 Å². The smallest absolute Gasteiger partial charge is 0.316 e. The van der Waals surface area contributed by atoms with Crippen molar-refractivity contribution in [3.8, 4) is 0 Å². The second-order valence-corrected chi connectivity index (χ2v) is 4.48. The minimum atomic E-state index is -1.04. The molecule has 4 heteroatoms. The Hall–Kier alpha value is -1.84. The van der Waals surface area contributed by atoms with Crippen molar-refractivity contribution in [1.29, 1.82) is 0 Å². The summed E-state index contributed by atoms with van der Waals surface area (Å²) in [5, 5.41) is 11.6. The molecule has 1 aromatic carbocycles. The van der Waals surface area contributed by atoms with Crippen LogP contribution in [0.15, 0.2) is 24.3 Å². The van der Waals surface area contributed by atoms with Crippen molar-refractivity contribution < 1.29 is 14.7 Å². The van der Waals surface area contributed by atoms with Crippen LogP contribution in [0.2, 0.25) is 0 Å². The van der Waals surface area contributed by atoms with E-state index in [9.17, 15) is 9.59 Å². The summed E-state index contributed by atoms with van der Waals surface area (Å²) in [5.74, 6) is -2.25. The molecule has 4 nitrogen and oxygen atoms in total. The average molecular weight is 233 g/mol. The summed E-state index contributed by atoms with van der Waals surface area (Å²) in [7, 11) is 0. The Balaban J connectivity index is 2.18. The topological polar surface area (TPSA) is 66.4 Å². The molecule has 1 aromatic rings. The number of hydrogen-bond acceptors (Lipinski definition) is 2. The number of carboxylic acid groups (broad SMARTS) is 1. The minimum Gasteiger partial charge on any atom is -0.481 e. The van der Waals surface area contributed by atoms with Crippen LogP contribution in [0.5, 0.6) is 0 Å². The molecule has 2 rings (SSSR count). The minimum absolute atomic E-state index is 0.0914. The highest BCUT2D eigenvalue weighted by atomic mass is 16.4. The number of hydrogen-bond donors (Lipinski definition) is 2. The van der Waals surface area contributed by atoms with E-state index in [0.29, 0.717) is 13.0 Å². The van der Waals surface area contributed by atoms with E-state index in [-0.39, 0.29) is 11.8 Å².